The largest absolute Gasteiger partial charge is 0.487 e. The molecule has 0 aliphatic heterocycles. The topological polar surface area (TPSA) is 35.2 Å². The van der Waals surface area contributed by atoms with Gasteiger partial charge in [-0.3, -0.25) is 0 Å². The second kappa shape index (κ2) is 6.30. The molecule has 2 N–H and O–H groups in total. The van der Waals surface area contributed by atoms with Gasteiger partial charge in [-0.25, -0.2) is 8.78 Å². The minimum Gasteiger partial charge on any atom is -0.487 e. The fourth-order valence-corrected chi connectivity index (χ4v) is 3.13. The maximum absolute atomic E-state index is 13.8. The fraction of sp³-hybridized carbons (Fsp3) is 0.647. The smallest absolute Gasteiger partial charge is 0.167 e. The highest BCUT2D eigenvalue weighted by atomic mass is 19.1. The van der Waals surface area contributed by atoms with Crippen molar-refractivity contribution in [1.29, 1.82) is 0 Å². The molecule has 1 aromatic rings. The van der Waals surface area contributed by atoms with Crippen LogP contribution in [0.15, 0.2) is 18.2 Å². The molecule has 21 heavy (non-hydrogen) atoms. The lowest BCUT2D eigenvalue weighted by atomic mass is 9.68. The molecule has 2 rings (SSSR count). The lowest BCUT2D eigenvalue weighted by molar-refractivity contribution is 0.0308. The van der Waals surface area contributed by atoms with Crippen molar-refractivity contribution in [1.82, 2.24) is 0 Å². The van der Waals surface area contributed by atoms with E-state index in [9.17, 15) is 8.78 Å². The van der Waals surface area contributed by atoms with Gasteiger partial charge >= 0.3 is 0 Å². The van der Waals surface area contributed by atoms with E-state index in [-0.39, 0.29) is 23.2 Å². The first-order valence-electron chi connectivity index (χ1n) is 7.63. The molecule has 1 aliphatic carbocycles. The molecule has 1 saturated carbocycles. The molecule has 0 heterocycles. The van der Waals surface area contributed by atoms with Crippen molar-refractivity contribution >= 4 is 0 Å². The molecule has 0 saturated heterocycles. The van der Waals surface area contributed by atoms with Crippen molar-refractivity contribution in [2.24, 2.45) is 23.0 Å². The van der Waals surface area contributed by atoms with Crippen molar-refractivity contribution in [3.05, 3.63) is 29.8 Å². The molecule has 1 aromatic carbocycles. The van der Waals surface area contributed by atoms with Crippen LogP contribution in [0.2, 0.25) is 0 Å². The van der Waals surface area contributed by atoms with Crippen LogP contribution in [0, 0.1) is 28.9 Å². The monoisotopic (exact) mass is 297 g/mol. The molecule has 4 heteroatoms. The molecule has 3 atom stereocenters. The molecule has 0 amide bonds. The van der Waals surface area contributed by atoms with E-state index in [0.29, 0.717) is 12.5 Å². The Balaban J connectivity index is 2.14. The predicted molar refractivity (Wildman–Crippen MR) is 80.1 cm³/mol. The number of hydrogen-bond acceptors (Lipinski definition) is 2. The second-order valence-corrected chi connectivity index (χ2v) is 7.10. The third-order valence-corrected chi connectivity index (χ3v) is 4.63. The number of rotatable bonds is 3. The molecule has 1 fully saturated rings. The van der Waals surface area contributed by atoms with Crippen LogP contribution in [-0.4, -0.2) is 12.6 Å². The molecular weight excluding hydrogens is 272 g/mol. The summed E-state index contributed by atoms with van der Waals surface area (Å²) in [6.45, 7) is 7.19. The van der Waals surface area contributed by atoms with Crippen molar-refractivity contribution in [2.75, 3.05) is 6.54 Å². The number of nitrogens with two attached hydrogens (primary N) is 1. The number of hydrogen-bond donors (Lipinski definition) is 1. The van der Waals surface area contributed by atoms with E-state index in [0.717, 1.165) is 25.3 Å². The van der Waals surface area contributed by atoms with Crippen molar-refractivity contribution in [3.8, 4) is 5.75 Å². The van der Waals surface area contributed by atoms with E-state index < -0.39 is 11.6 Å². The zero-order valence-corrected chi connectivity index (χ0v) is 13.0. The van der Waals surface area contributed by atoms with Crippen LogP contribution in [0.4, 0.5) is 8.78 Å². The highest BCUT2D eigenvalue weighted by Crippen LogP contribution is 2.41. The average Bonchev–Trinajstić information content (AvgIpc) is 2.41. The third kappa shape index (κ3) is 3.94. The van der Waals surface area contributed by atoms with Gasteiger partial charge in [-0.1, -0.05) is 20.8 Å². The molecule has 0 bridgehead atoms. The molecule has 1 aliphatic rings. The Morgan fingerprint density at radius 3 is 2.52 bits per heavy atom. The first-order valence-corrected chi connectivity index (χ1v) is 7.63. The Hall–Kier alpha value is -1.16. The highest BCUT2D eigenvalue weighted by Gasteiger charge is 2.36. The van der Waals surface area contributed by atoms with Gasteiger partial charge in [0, 0.05) is 12.0 Å². The summed E-state index contributed by atoms with van der Waals surface area (Å²) in [6.07, 6.45) is 2.87. The van der Waals surface area contributed by atoms with Gasteiger partial charge in [-0.05, 0) is 49.3 Å². The molecule has 3 unspecified atom stereocenters. The Labute approximate surface area is 125 Å². The highest BCUT2D eigenvalue weighted by molar-refractivity contribution is 5.25. The summed E-state index contributed by atoms with van der Waals surface area (Å²) in [5.41, 5.74) is 6.03. The lowest BCUT2D eigenvalue weighted by Gasteiger charge is -2.41. The Bertz CT molecular complexity index is 484. The summed E-state index contributed by atoms with van der Waals surface area (Å²) in [5, 5.41) is 0. The third-order valence-electron chi connectivity index (χ3n) is 4.63. The van der Waals surface area contributed by atoms with Gasteiger partial charge in [0.05, 0.1) is 0 Å². The van der Waals surface area contributed by atoms with Gasteiger partial charge in [0.25, 0.3) is 0 Å². The van der Waals surface area contributed by atoms with Crippen LogP contribution >= 0.6 is 0 Å². The van der Waals surface area contributed by atoms with Gasteiger partial charge in [-0.15, -0.1) is 0 Å². The van der Waals surface area contributed by atoms with E-state index >= 15 is 0 Å². The summed E-state index contributed by atoms with van der Waals surface area (Å²) in [7, 11) is 0. The average molecular weight is 297 g/mol. The van der Waals surface area contributed by atoms with E-state index in [1.54, 1.807) is 0 Å². The fourth-order valence-electron chi connectivity index (χ4n) is 3.13. The maximum Gasteiger partial charge on any atom is 0.167 e. The zero-order chi connectivity index (χ0) is 15.6. The predicted octanol–water partition coefficient (Wildman–Crippen LogP) is 4.13. The number of benzene rings is 1. The molecule has 2 nitrogen and oxygen atoms in total. The molecule has 0 spiro atoms. The number of ether oxygens (including phenoxy) is 1. The minimum atomic E-state index is -0.649. The Morgan fingerprint density at radius 2 is 1.95 bits per heavy atom. The maximum atomic E-state index is 13.8. The van der Waals surface area contributed by atoms with Crippen LogP contribution in [0.1, 0.15) is 40.0 Å². The first kappa shape index (κ1) is 16.2. The van der Waals surface area contributed by atoms with Crippen LogP contribution in [0.25, 0.3) is 0 Å². The normalized spacial score (nSPS) is 26.7. The summed E-state index contributed by atoms with van der Waals surface area (Å²) in [4.78, 5) is 0. The van der Waals surface area contributed by atoms with Gasteiger partial charge in [0.15, 0.2) is 11.6 Å². The van der Waals surface area contributed by atoms with E-state index in [1.165, 1.54) is 12.1 Å². The quantitative estimate of drug-likeness (QED) is 0.910. The van der Waals surface area contributed by atoms with E-state index in [2.05, 4.69) is 20.8 Å². The lowest BCUT2D eigenvalue weighted by Crippen LogP contribution is -2.41. The van der Waals surface area contributed by atoms with Gasteiger partial charge in [-0.2, -0.15) is 0 Å². The SMILES string of the molecule is CC(C)(C)C1CCC(CN)C(Oc2ccc(F)cc2F)C1. The zero-order valence-electron chi connectivity index (χ0n) is 13.0. The first-order chi connectivity index (χ1) is 9.81. The Morgan fingerprint density at radius 1 is 1.24 bits per heavy atom. The molecule has 118 valence electrons. The van der Waals surface area contributed by atoms with Gasteiger partial charge in [0.2, 0.25) is 0 Å². The van der Waals surface area contributed by atoms with Crippen molar-refractivity contribution < 1.29 is 13.5 Å². The van der Waals surface area contributed by atoms with Crippen molar-refractivity contribution in [3.63, 3.8) is 0 Å². The Kier molecular flexibility index (Phi) is 4.87. The van der Waals surface area contributed by atoms with E-state index in [1.807, 2.05) is 0 Å². The van der Waals surface area contributed by atoms with Crippen molar-refractivity contribution in [2.45, 2.75) is 46.1 Å². The summed E-state index contributed by atoms with van der Waals surface area (Å²) >= 11 is 0. The molecular formula is C17H25F2NO. The summed E-state index contributed by atoms with van der Waals surface area (Å²) in [6, 6.07) is 3.44. The minimum absolute atomic E-state index is 0.104. The molecule has 0 radical (unpaired) electrons. The molecule has 0 aromatic heterocycles. The van der Waals surface area contributed by atoms with Crippen LogP contribution in [0.3, 0.4) is 0 Å². The summed E-state index contributed by atoms with van der Waals surface area (Å²) in [5.74, 6) is -0.369. The van der Waals surface area contributed by atoms with E-state index in [4.69, 9.17) is 10.5 Å². The summed E-state index contributed by atoms with van der Waals surface area (Å²) < 4.78 is 32.6. The van der Waals surface area contributed by atoms with Crippen LogP contribution < -0.4 is 10.5 Å². The van der Waals surface area contributed by atoms with Gasteiger partial charge in [0.1, 0.15) is 11.9 Å². The standard InChI is InChI=1S/C17H25F2NO/c1-17(2,3)12-5-4-11(10-20)16(8-12)21-15-7-6-13(18)9-14(15)19/h6-7,9,11-12,16H,4-5,8,10,20H2,1-3H3. The number of halogens is 2. The van der Waals surface area contributed by atoms with Crippen LogP contribution in [-0.2, 0) is 0 Å². The second-order valence-electron chi connectivity index (χ2n) is 7.10. The van der Waals surface area contributed by atoms with Crippen LogP contribution in [0.5, 0.6) is 5.75 Å². The van der Waals surface area contributed by atoms with Gasteiger partial charge < -0.3 is 10.5 Å².